The van der Waals surface area contributed by atoms with E-state index in [1.165, 1.54) is 12.1 Å². The van der Waals surface area contributed by atoms with E-state index < -0.39 is 16.1 Å². The van der Waals surface area contributed by atoms with Gasteiger partial charge in [-0.1, -0.05) is 42.5 Å². The van der Waals surface area contributed by atoms with E-state index in [0.717, 1.165) is 21.9 Å². The molecule has 34 heavy (non-hydrogen) atoms. The summed E-state index contributed by atoms with van der Waals surface area (Å²) in [6.07, 6.45) is -0.724. The molecule has 0 aromatic heterocycles. The van der Waals surface area contributed by atoms with Crippen molar-refractivity contribution in [3.8, 4) is 5.75 Å². The standard InChI is InChI=1S/C27H26N2O4S/c1-18-11-14-23(17-19(18)2)33-20(3)27(30)28-22-12-15-24(16-13-22)34(31,32)29-26-10-6-8-21-7-4-5-9-25(21)26/h4-17,20,29H,1-3H3,(H,28,30)/t20-/m0/s1. The second kappa shape index (κ2) is 9.57. The van der Waals surface area contributed by atoms with Crippen LogP contribution in [-0.2, 0) is 14.8 Å². The van der Waals surface area contributed by atoms with Crippen LogP contribution in [0.2, 0.25) is 0 Å². The smallest absolute Gasteiger partial charge is 0.265 e. The minimum Gasteiger partial charge on any atom is -0.481 e. The third-order valence-electron chi connectivity index (χ3n) is 5.63. The molecule has 0 radical (unpaired) electrons. The quantitative estimate of drug-likeness (QED) is 0.362. The van der Waals surface area contributed by atoms with E-state index in [9.17, 15) is 13.2 Å². The molecular formula is C27H26N2O4S. The topological polar surface area (TPSA) is 84.5 Å². The zero-order valence-corrected chi connectivity index (χ0v) is 20.0. The van der Waals surface area contributed by atoms with E-state index in [1.54, 1.807) is 31.2 Å². The number of carbonyl (C=O) groups excluding carboxylic acids is 1. The van der Waals surface area contributed by atoms with Crippen molar-refractivity contribution in [2.45, 2.75) is 31.8 Å². The highest BCUT2D eigenvalue weighted by atomic mass is 32.2. The number of ether oxygens (including phenoxy) is 1. The molecule has 0 heterocycles. The van der Waals surface area contributed by atoms with Crippen LogP contribution in [0.4, 0.5) is 11.4 Å². The fraction of sp³-hybridized carbons (Fsp3) is 0.148. The summed E-state index contributed by atoms with van der Waals surface area (Å²) in [7, 11) is -3.80. The predicted molar refractivity (Wildman–Crippen MR) is 136 cm³/mol. The SMILES string of the molecule is Cc1ccc(O[C@@H](C)C(=O)Nc2ccc(S(=O)(=O)Nc3cccc4ccccc34)cc2)cc1C. The summed E-state index contributed by atoms with van der Waals surface area (Å²) in [5, 5.41) is 4.52. The highest BCUT2D eigenvalue weighted by Gasteiger charge is 2.18. The summed E-state index contributed by atoms with van der Waals surface area (Å²) in [5.41, 5.74) is 3.21. The van der Waals surface area contributed by atoms with Gasteiger partial charge in [0.25, 0.3) is 15.9 Å². The van der Waals surface area contributed by atoms with Crippen LogP contribution >= 0.6 is 0 Å². The zero-order valence-electron chi connectivity index (χ0n) is 19.2. The molecule has 0 saturated heterocycles. The van der Waals surface area contributed by atoms with Gasteiger partial charge in [0, 0.05) is 11.1 Å². The normalized spacial score (nSPS) is 12.2. The maximum atomic E-state index is 12.9. The Morgan fingerprint density at radius 1 is 0.853 bits per heavy atom. The van der Waals surface area contributed by atoms with Crippen molar-refractivity contribution >= 4 is 38.1 Å². The number of rotatable bonds is 7. The van der Waals surface area contributed by atoms with Crippen molar-refractivity contribution in [2.75, 3.05) is 10.0 Å². The Hall–Kier alpha value is -3.84. The molecule has 0 spiro atoms. The minimum absolute atomic E-state index is 0.0952. The molecule has 4 aromatic rings. The molecule has 1 amide bonds. The van der Waals surface area contributed by atoms with Crippen LogP contribution in [0.25, 0.3) is 10.8 Å². The highest BCUT2D eigenvalue weighted by Crippen LogP contribution is 2.26. The third kappa shape index (κ3) is 5.21. The molecule has 0 aliphatic heterocycles. The molecule has 4 rings (SSSR count). The van der Waals surface area contributed by atoms with Crippen molar-refractivity contribution in [2.24, 2.45) is 0 Å². The van der Waals surface area contributed by atoms with E-state index in [2.05, 4.69) is 10.0 Å². The van der Waals surface area contributed by atoms with E-state index in [-0.39, 0.29) is 10.8 Å². The molecule has 4 aromatic carbocycles. The maximum Gasteiger partial charge on any atom is 0.265 e. The lowest BCUT2D eigenvalue weighted by Gasteiger charge is -2.16. The van der Waals surface area contributed by atoms with Gasteiger partial charge in [-0.3, -0.25) is 9.52 Å². The molecule has 0 saturated carbocycles. The number of hydrogen-bond donors (Lipinski definition) is 2. The van der Waals surface area contributed by atoms with Gasteiger partial charge in [-0.25, -0.2) is 8.42 Å². The summed E-state index contributed by atoms with van der Waals surface area (Å²) in [6.45, 7) is 5.66. The number of amides is 1. The number of aryl methyl sites for hydroxylation is 2. The fourth-order valence-electron chi connectivity index (χ4n) is 3.52. The number of sulfonamides is 1. The summed E-state index contributed by atoms with van der Waals surface area (Å²) in [6, 6.07) is 24.7. The molecule has 6 nitrogen and oxygen atoms in total. The summed E-state index contributed by atoms with van der Waals surface area (Å²) in [4.78, 5) is 12.6. The molecule has 0 bridgehead atoms. The summed E-state index contributed by atoms with van der Waals surface area (Å²) >= 11 is 0. The Morgan fingerprint density at radius 3 is 2.29 bits per heavy atom. The number of anilines is 2. The zero-order chi connectivity index (χ0) is 24.3. The lowest BCUT2D eigenvalue weighted by molar-refractivity contribution is -0.122. The molecule has 0 aliphatic rings. The summed E-state index contributed by atoms with van der Waals surface area (Å²) in [5.74, 6) is 0.286. The van der Waals surface area contributed by atoms with Crippen LogP contribution in [0, 0.1) is 13.8 Å². The molecule has 0 unspecified atom stereocenters. The van der Waals surface area contributed by atoms with Crippen molar-refractivity contribution in [3.63, 3.8) is 0 Å². The first-order chi connectivity index (χ1) is 16.2. The number of benzene rings is 4. The van der Waals surface area contributed by atoms with Gasteiger partial charge in [-0.15, -0.1) is 0 Å². The minimum atomic E-state index is -3.80. The maximum absolute atomic E-state index is 12.9. The first-order valence-electron chi connectivity index (χ1n) is 10.9. The number of hydrogen-bond acceptors (Lipinski definition) is 4. The van der Waals surface area contributed by atoms with Gasteiger partial charge >= 0.3 is 0 Å². The fourth-order valence-corrected chi connectivity index (χ4v) is 4.60. The average Bonchev–Trinajstić information content (AvgIpc) is 2.82. The van der Waals surface area contributed by atoms with Crippen LogP contribution in [0.15, 0.2) is 89.8 Å². The van der Waals surface area contributed by atoms with Crippen molar-refractivity contribution in [1.29, 1.82) is 0 Å². The number of carbonyl (C=O) groups is 1. The van der Waals surface area contributed by atoms with Gasteiger partial charge in [-0.2, -0.15) is 0 Å². The van der Waals surface area contributed by atoms with Gasteiger partial charge in [0.05, 0.1) is 10.6 Å². The van der Waals surface area contributed by atoms with E-state index in [1.807, 2.05) is 62.4 Å². The Morgan fingerprint density at radius 2 is 1.56 bits per heavy atom. The number of fused-ring (bicyclic) bond motifs is 1. The van der Waals surface area contributed by atoms with Crippen LogP contribution < -0.4 is 14.8 Å². The van der Waals surface area contributed by atoms with Crippen LogP contribution in [0.3, 0.4) is 0 Å². The molecule has 1 atom stereocenters. The molecule has 0 aliphatic carbocycles. The second-order valence-electron chi connectivity index (χ2n) is 8.15. The monoisotopic (exact) mass is 474 g/mol. The number of nitrogens with one attached hydrogen (secondary N) is 2. The summed E-state index contributed by atoms with van der Waals surface area (Å²) < 4.78 is 34.2. The van der Waals surface area contributed by atoms with Gasteiger partial charge in [0.2, 0.25) is 0 Å². The first-order valence-corrected chi connectivity index (χ1v) is 12.4. The van der Waals surface area contributed by atoms with Crippen molar-refractivity contribution in [1.82, 2.24) is 0 Å². The van der Waals surface area contributed by atoms with E-state index >= 15 is 0 Å². The molecule has 2 N–H and O–H groups in total. The predicted octanol–water partition coefficient (Wildman–Crippen LogP) is 5.66. The van der Waals surface area contributed by atoms with Crippen LogP contribution in [-0.4, -0.2) is 20.4 Å². The van der Waals surface area contributed by atoms with Crippen LogP contribution in [0.1, 0.15) is 18.1 Å². The van der Waals surface area contributed by atoms with Crippen molar-refractivity contribution < 1.29 is 17.9 Å². The second-order valence-corrected chi connectivity index (χ2v) is 9.83. The molecule has 7 heteroatoms. The molecule has 174 valence electrons. The Kier molecular flexibility index (Phi) is 6.56. The van der Waals surface area contributed by atoms with Crippen molar-refractivity contribution in [3.05, 3.63) is 96.1 Å². The lowest BCUT2D eigenvalue weighted by atomic mass is 10.1. The van der Waals surface area contributed by atoms with Gasteiger partial charge in [0.1, 0.15) is 5.75 Å². The van der Waals surface area contributed by atoms with Crippen LogP contribution in [0.5, 0.6) is 5.75 Å². The Bertz CT molecular complexity index is 1440. The first kappa shape index (κ1) is 23.3. The Labute approximate surface area is 199 Å². The van der Waals surface area contributed by atoms with Gasteiger partial charge in [0.15, 0.2) is 6.10 Å². The molecular weight excluding hydrogens is 448 g/mol. The molecule has 0 fully saturated rings. The largest absolute Gasteiger partial charge is 0.481 e. The van der Waals surface area contributed by atoms with E-state index in [0.29, 0.717) is 17.1 Å². The highest BCUT2D eigenvalue weighted by molar-refractivity contribution is 7.92. The lowest BCUT2D eigenvalue weighted by Crippen LogP contribution is -2.30. The average molecular weight is 475 g/mol. The third-order valence-corrected chi connectivity index (χ3v) is 7.01. The van der Waals surface area contributed by atoms with Gasteiger partial charge < -0.3 is 10.1 Å². The van der Waals surface area contributed by atoms with Gasteiger partial charge in [-0.05, 0) is 79.7 Å². The van der Waals surface area contributed by atoms with E-state index in [4.69, 9.17) is 4.74 Å². The Balaban J connectivity index is 1.43.